The van der Waals surface area contributed by atoms with Crippen molar-refractivity contribution >= 4 is 41.1 Å². The van der Waals surface area contributed by atoms with E-state index in [0.717, 1.165) is 5.01 Å². The van der Waals surface area contributed by atoms with Crippen LogP contribution < -0.4 is 10.4 Å². The van der Waals surface area contributed by atoms with E-state index >= 15 is 0 Å². The number of phenolic OH excluding ortho intramolecular Hbond substituents is 1. The Hall–Kier alpha value is -3.32. The van der Waals surface area contributed by atoms with Gasteiger partial charge in [0.1, 0.15) is 11.3 Å². The van der Waals surface area contributed by atoms with Crippen molar-refractivity contribution < 1.29 is 24.2 Å². The molecule has 1 fully saturated rings. The number of hydrazine groups is 1. The van der Waals surface area contributed by atoms with Crippen LogP contribution in [0.2, 0.25) is 5.02 Å². The van der Waals surface area contributed by atoms with E-state index in [0.29, 0.717) is 16.3 Å². The van der Waals surface area contributed by atoms with Gasteiger partial charge in [0.05, 0.1) is 17.9 Å². The topological polar surface area (TPSA) is 95.9 Å². The van der Waals surface area contributed by atoms with Crippen LogP contribution in [-0.4, -0.2) is 29.5 Å². The predicted octanol–water partition coefficient (Wildman–Crippen LogP) is 2.68. The Morgan fingerprint density at radius 2 is 1.93 bits per heavy atom. The Labute approximate surface area is 159 Å². The maximum absolute atomic E-state index is 12.6. The SMILES string of the molecule is CCOC(=O)c1ccc(N2NC(=O)C(=Cc3cc(Cl)ccc3O)C2=O)cc1. The van der Waals surface area contributed by atoms with E-state index in [2.05, 4.69) is 5.43 Å². The number of phenols is 1. The molecular weight excluding hydrogens is 372 g/mol. The number of benzene rings is 2. The molecule has 0 spiro atoms. The molecule has 0 saturated carbocycles. The number of carbonyl (C=O) groups excluding carboxylic acids is 3. The summed E-state index contributed by atoms with van der Waals surface area (Å²) >= 11 is 5.89. The van der Waals surface area contributed by atoms with Crippen molar-refractivity contribution in [1.29, 1.82) is 0 Å². The molecule has 1 aliphatic heterocycles. The number of amides is 2. The lowest BCUT2D eigenvalue weighted by Crippen LogP contribution is -2.35. The van der Waals surface area contributed by atoms with Crippen LogP contribution in [0.3, 0.4) is 0 Å². The highest BCUT2D eigenvalue weighted by molar-refractivity contribution is 6.32. The van der Waals surface area contributed by atoms with Gasteiger partial charge in [-0.15, -0.1) is 0 Å². The molecule has 1 saturated heterocycles. The van der Waals surface area contributed by atoms with Crippen molar-refractivity contribution in [3.63, 3.8) is 0 Å². The molecule has 7 nitrogen and oxygen atoms in total. The van der Waals surface area contributed by atoms with Crippen LogP contribution in [0.15, 0.2) is 48.0 Å². The third-order valence-corrected chi connectivity index (χ3v) is 4.05. The molecule has 1 aliphatic rings. The first-order valence-corrected chi connectivity index (χ1v) is 8.41. The van der Waals surface area contributed by atoms with Crippen molar-refractivity contribution in [2.75, 3.05) is 11.6 Å². The molecule has 0 unspecified atom stereocenters. The molecule has 0 atom stereocenters. The van der Waals surface area contributed by atoms with Gasteiger partial charge in [-0.1, -0.05) is 11.6 Å². The lowest BCUT2D eigenvalue weighted by atomic mass is 10.1. The molecule has 8 heteroatoms. The lowest BCUT2D eigenvalue weighted by molar-refractivity contribution is -0.117. The smallest absolute Gasteiger partial charge is 0.338 e. The fourth-order valence-corrected chi connectivity index (χ4v) is 2.68. The maximum atomic E-state index is 12.6. The average molecular weight is 387 g/mol. The first-order valence-electron chi connectivity index (χ1n) is 8.03. The van der Waals surface area contributed by atoms with E-state index in [1.54, 1.807) is 6.92 Å². The minimum atomic E-state index is -0.617. The molecule has 0 radical (unpaired) electrons. The second-order valence-electron chi connectivity index (χ2n) is 5.61. The number of carbonyl (C=O) groups is 3. The molecule has 27 heavy (non-hydrogen) atoms. The first-order chi connectivity index (χ1) is 12.9. The van der Waals surface area contributed by atoms with Gasteiger partial charge >= 0.3 is 5.97 Å². The molecule has 2 aromatic carbocycles. The van der Waals surface area contributed by atoms with Crippen molar-refractivity contribution in [3.05, 3.63) is 64.2 Å². The summed E-state index contributed by atoms with van der Waals surface area (Å²) in [5.74, 6) is -1.79. The van der Waals surface area contributed by atoms with Crippen LogP contribution in [0.25, 0.3) is 6.08 Å². The Kier molecular flexibility index (Phi) is 5.14. The van der Waals surface area contributed by atoms with Crippen LogP contribution in [-0.2, 0) is 14.3 Å². The highest BCUT2D eigenvalue weighted by atomic mass is 35.5. The Balaban J connectivity index is 1.87. The van der Waals surface area contributed by atoms with Crippen molar-refractivity contribution in [2.24, 2.45) is 0 Å². The lowest BCUT2D eigenvalue weighted by Gasteiger charge is -2.14. The van der Waals surface area contributed by atoms with E-state index in [-0.39, 0.29) is 23.5 Å². The number of hydrogen-bond donors (Lipinski definition) is 2. The summed E-state index contributed by atoms with van der Waals surface area (Å²) in [7, 11) is 0. The molecule has 0 aromatic heterocycles. The Morgan fingerprint density at radius 1 is 1.22 bits per heavy atom. The molecule has 138 valence electrons. The number of esters is 1. The van der Waals surface area contributed by atoms with Gasteiger partial charge in [-0.3, -0.25) is 15.0 Å². The van der Waals surface area contributed by atoms with E-state index in [4.69, 9.17) is 16.3 Å². The summed E-state index contributed by atoms with van der Waals surface area (Å²) < 4.78 is 4.90. The van der Waals surface area contributed by atoms with Crippen molar-refractivity contribution in [3.8, 4) is 5.75 Å². The quantitative estimate of drug-likeness (QED) is 0.478. The minimum Gasteiger partial charge on any atom is -0.507 e. The van der Waals surface area contributed by atoms with Gasteiger partial charge in [-0.2, -0.15) is 0 Å². The highest BCUT2D eigenvalue weighted by Crippen LogP contribution is 2.27. The first kappa shape index (κ1) is 18.5. The number of rotatable bonds is 4. The number of halogens is 1. The van der Waals surface area contributed by atoms with Crippen LogP contribution in [0.4, 0.5) is 5.69 Å². The summed E-state index contributed by atoms with van der Waals surface area (Å²) in [4.78, 5) is 36.5. The summed E-state index contributed by atoms with van der Waals surface area (Å²) in [6.45, 7) is 1.96. The monoisotopic (exact) mass is 386 g/mol. The van der Waals surface area contributed by atoms with Gasteiger partial charge in [-0.25, -0.2) is 9.80 Å². The highest BCUT2D eigenvalue weighted by Gasteiger charge is 2.34. The zero-order valence-corrected chi connectivity index (χ0v) is 15.0. The number of nitrogens with one attached hydrogen (secondary N) is 1. The van der Waals surface area contributed by atoms with Crippen LogP contribution in [0.5, 0.6) is 5.75 Å². The third kappa shape index (κ3) is 3.78. The number of ether oxygens (including phenoxy) is 1. The molecule has 1 heterocycles. The van der Waals surface area contributed by atoms with Gasteiger partial charge in [0.15, 0.2) is 0 Å². The van der Waals surface area contributed by atoms with E-state index in [1.807, 2.05) is 0 Å². The largest absolute Gasteiger partial charge is 0.507 e. The van der Waals surface area contributed by atoms with Crippen LogP contribution in [0, 0.1) is 0 Å². The fourth-order valence-electron chi connectivity index (χ4n) is 2.50. The number of hydrogen-bond acceptors (Lipinski definition) is 5. The summed E-state index contributed by atoms with van der Waals surface area (Å²) in [6.07, 6.45) is 1.27. The second-order valence-corrected chi connectivity index (χ2v) is 6.05. The standard InChI is InChI=1S/C19H15ClN2O5/c1-2-27-19(26)11-3-6-14(7-4-11)22-18(25)15(17(24)21-22)10-12-9-13(20)5-8-16(12)23/h3-10,23H,2H2,1H3,(H,21,24). The van der Waals surface area contributed by atoms with Gasteiger partial charge < -0.3 is 9.84 Å². The van der Waals surface area contributed by atoms with Gasteiger partial charge in [0, 0.05) is 10.6 Å². The molecule has 0 aliphatic carbocycles. The summed E-state index contributed by atoms with van der Waals surface area (Å²) in [5.41, 5.74) is 3.25. The second kappa shape index (κ2) is 7.51. The summed E-state index contributed by atoms with van der Waals surface area (Å²) in [6, 6.07) is 10.3. The predicted molar refractivity (Wildman–Crippen MR) is 99.1 cm³/mol. The van der Waals surface area contributed by atoms with E-state index in [9.17, 15) is 19.5 Å². The van der Waals surface area contributed by atoms with Crippen molar-refractivity contribution in [2.45, 2.75) is 6.92 Å². The molecule has 0 bridgehead atoms. The summed E-state index contributed by atoms with van der Waals surface area (Å²) in [5, 5.41) is 11.3. The zero-order valence-electron chi connectivity index (χ0n) is 14.2. The van der Waals surface area contributed by atoms with Gasteiger partial charge in [0.2, 0.25) is 0 Å². The normalized spacial score (nSPS) is 15.2. The third-order valence-electron chi connectivity index (χ3n) is 3.82. The van der Waals surface area contributed by atoms with E-state index in [1.165, 1.54) is 48.5 Å². The Morgan fingerprint density at radius 3 is 2.59 bits per heavy atom. The molecule has 2 amide bonds. The zero-order chi connectivity index (χ0) is 19.6. The van der Waals surface area contributed by atoms with E-state index < -0.39 is 17.8 Å². The number of aromatic hydroxyl groups is 1. The molecular formula is C19H15ClN2O5. The van der Waals surface area contributed by atoms with Crippen molar-refractivity contribution in [1.82, 2.24) is 5.43 Å². The number of anilines is 1. The molecule has 2 N–H and O–H groups in total. The van der Waals surface area contributed by atoms with Crippen LogP contribution in [0.1, 0.15) is 22.8 Å². The maximum Gasteiger partial charge on any atom is 0.338 e. The minimum absolute atomic E-state index is 0.107. The number of nitrogens with zero attached hydrogens (tertiary/aromatic N) is 1. The van der Waals surface area contributed by atoms with Gasteiger partial charge in [-0.05, 0) is 55.5 Å². The fraction of sp³-hybridized carbons (Fsp3) is 0.105. The molecule has 3 rings (SSSR count). The van der Waals surface area contributed by atoms with Gasteiger partial charge in [0.25, 0.3) is 11.8 Å². The Bertz CT molecular complexity index is 953. The average Bonchev–Trinajstić information content (AvgIpc) is 2.93. The molecule has 2 aromatic rings. The van der Waals surface area contributed by atoms with Crippen LogP contribution >= 0.6 is 11.6 Å².